The van der Waals surface area contributed by atoms with E-state index in [1.54, 1.807) is 12.6 Å². The molecule has 0 fully saturated rings. The second-order valence-electron chi connectivity index (χ2n) is 2.60. The molecule has 1 aromatic carbocycles. The lowest BCUT2D eigenvalue weighted by Crippen LogP contribution is -1.87. The molecule has 0 atom stereocenters. The summed E-state index contributed by atoms with van der Waals surface area (Å²) in [5.74, 6) is 1.46. The van der Waals surface area contributed by atoms with Crippen molar-refractivity contribution >= 4 is 27.3 Å². The molecule has 2 rings (SSSR count). The van der Waals surface area contributed by atoms with Crippen LogP contribution in [0.15, 0.2) is 28.2 Å². The minimum absolute atomic E-state index is 0.515. The Hall–Kier alpha value is -1.14. The zero-order chi connectivity index (χ0) is 10.7. The molecular formula is C9H7BrN2O2S. The molecule has 6 heteroatoms. The van der Waals surface area contributed by atoms with Crippen molar-refractivity contribution in [3.63, 3.8) is 0 Å². The number of hydrogen-bond acceptors (Lipinski definition) is 5. The molecule has 0 aliphatic carbocycles. The quantitative estimate of drug-likeness (QED) is 0.870. The first-order valence-corrected chi connectivity index (χ1v) is 5.74. The first-order valence-electron chi connectivity index (χ1n) is 4.07. The normalized spacial score (nSPS) is 10.0. The van der Waals surface area contributed by atoms with Crippen LogP contribution < -0.4 is 9.47 Å². The van der Waals surface area contributed by atoms with E-state index in [9.17, 15) is 0 Å². The van der Waals surface area contributed by atoms with Gasteiger partial charge < -0.3 is 9.47 Å². The smallest absolute Gasteiger partial charge is 0.299 e. The highest BCUT2D eigenvalue weighted by molar-refractivity contribution is 9.10. The molecule has 15 heavy (non-hydrogen) atoms. The molecule has 78 valence electrons. The van der Waals surface area contributed by atoms with Gasteiger partial charge in [-0.2, -0.15) is 0 Å². The molecule has 0 aliphatic heterocycles. The van der Waals surface area contributed by atoms with Crippen molar-refractivity contribution in [2.24, 2.45) is 0 Å². The molecule has 0 unspecified atom stereocenters. The van der Waals surface area contributed by atoms with Gasteiger partial charge in [-0.1, -0.05) is 16.4 Å². The van der Waals surface area contributed by atoms with E-state index in [1.807, 2.05) is 18.2 Å². The van der Waals surface area contributed by atoms with E-state index in [0.717, 1.165) is 10.2 Å². The van der Waals surface area contributed by atoms with Gasteiger partial charge in [0, 0.05) is 0 Å². The van der Waals surface area contributed by atoms with E-state index < -0.39 is 0 Å². The van der Waals surface area contributed by atoms with E-state index in [2.05, 4.69) is 26.1 Å². The number of benzene rings is 1. The first-order chi connectivity index (χ1) is 7.29. The van der Waals surface area contributed by atoms with Crippen LogP contribution >= 0.6 is 27.3 Å². The number of hydrogen-bond donors (Lipinski definition) is 0. The summed E-state index contributed by atoms with van der Waals surface area (Å²) in [6.07, 6.45) is 0. The Bertz CT molecular complexity index is 447. The summed E-state index contributed by atoms with van der Waals surface area (Å²) in [5.41, 5.74) is 1.62. The molecule has 0 N–H and O–H groups in total. The van der Waals surface area contributed by atoms with Crippen LogP contribution in [0.5, 0.6) is 16.7 Å². The number of rotatable bonds is 3. The summed E-state index contributed by atoms with van der Waals surface area (Å²) in [5, 5.41) is 7.99. The third-order valence-electron chi connectivity index (χ3n) is 1.68. The summed E-state index contributed by atoms with van der Waals surface area (Å²) in [6, 6.07) is 5.46. The van der Waals surface area contributed by atoms with E-state index >= 15 is 0 Å². The second kappa shape index (κ2) is 4.59. The molecule has 2 aromatic rings. The van der Waals surface area contributed by atoms with E-state index in [0.29, 0.717) is 10.9 Å². The molecule has 0 saturated heterocycles. The number of ether oxygens (including phenoxy) is 2. The summed E-state index contributed by atoms with van der Waals surface area (Å²) in [4.78, 5) is 0. The molecule has 0 aliphatic rings. The van der Waals surface area contributed by atoms with Crippen LogP contribution in [0.3, 0.4) is 0 Å². The lowest BCUT2D eigenvalue weighted by molar-refractivity contribution is 0.412. The van der Waals surface area contributed by atoms with E-state index in [4.69, 9.17) is 9.47 Å². The van der Waals surface area contributed by atoms with Crippen molar-refractivity contribution in [3.8, 4) is 16.7 Å². The van der Waals surface area contributed by atoms with Crippen LogP contribution in [-0.2, 0) is 0 Å². The highest BCUT2D eigenvalue weighted by Crippen LogP contribution is 2.32. The maximum atomic E-state index is 5.49. The molecule has 4 nitrogen and oxygen atoms in total. The maximum Gasteiger partial charge on any atom is 0.299 e. The zero-order valence-corrected chi connectivity index (χ0v) is 10.2. The second-order valence-corrected chi connectivity index (χ2v) is 4.25. The molecule has 0 spiro atoms. The number of nitrogens with zero attached hydrogens (tertiary/aromatic N) is 2. The molecule has 0 bridgehead atoms. The van der Waals surface area contributed by atoms with E-state index in [-0.39, 0.29) is 0 Å². The van der Waals surface area contributed by atoms with Crippen molar-refractivity contribution in [1.82, 2.24) is 10.2 Å². The average Bonchev–Trinajstić information content (AvgIpc) is 2.74. The van der Waals surface area contributed by atoms with Crippen LogP contribution in [-0.4, -0.2) is 17.3 Å². The van der Waals surface area contributed by atoms with Gasteiger partial charge in [-0.25, -0.2) is 0 Å². The predicted molar refractivity (Wildman–Crippen MR) is 60.7 cm³/mol. The van der Waals surface area contributed by atoms with Gasteiger partial charge in [0.05, 0.1) is 11.6 Å². The molecule has 0 saturated carbocycles. The molecular weight excluding hydrogens is 280 g/mol. The largest absolute Gasteiger partial charge is 0.497 e. The van der Waals surface area contributed by atoms with Gasteiger partial charge in [-0.05, 0) is 34.1 Å². The Labute approximate surface area is 99.0 Å². The van der Waals surface area contributed by atoms with Gasteiger partial charge in [0.25, 0.3) is 5.19 Å². The highest BCUT2D eigenvalue weighted by atomic mass is 79.9. The molecule has 1 aromatic heterocycles. The van der Waals surface area contributed by atoms with Gasteiger partial charge in [0.1, 0.15) is 17.0 Å². The van der Waals surface area contributed by atoms with Crippen LogP contribution in [0.4, 0.5) is 0 Å². The Morgan fingerprint density at radius 2 is 2.27 bits per heavy atom. The summed E-state index contributed by atoms with van der Waals surface area (Å²) < 4.78 is 11.4. The zero-order valence-electron chi connectivity index (χ0n) is 7.81. The Morgan fingerprint density at radius 3 is 2.87 bits per heavy atom. The van der Waals surface area contributed by atoms with Crippen LogP contribution in [0, 0.1) is 0 Å². The molecule has 0 amide bonds. The summed E-state index contributed by atoms with van der Waals surface area (Å²) in [7, 11) is 1.62. The van der Waals surface area contributed by atoms with Crippen molar-refractivity contribution < 1.29 is 9.47 Å². The minimum Gasteiger partial charge on any atom is -0.497 e. The van der Waals surface area contributed by atoms with Crippen molar-refractivity contribution in [1.29, 1.82) is 0 Å². The van der Waals surface area contributed by atoms with Gasteiger partial charge in [-0.3, -0.25) is 0 Å². The fourth-order valence-electron chi connectivity index (χ4n) is 0.993. The lowest BCUT2D eigenvalue weighted by atomic mass is 10.3. The Kier molecular flexibility index (Phi) is 3.17. The standard InChI is InChI=1S/C9H7BrN2O2S/c1-13-6-2-3-8(7(10)4-6)14-9-12-11-5-15-9/h2-5H,1H3. The highest BCUT2D eigenvalue weighted by Gasteiger charge is 2.06. The van der Waals surface area contributed by atoms with Crippen molar-refractivity contribution in [2.45, 2.75) is 0 Å². The fourth-order valence-corrected chi connectivity index (χ4v) is 1.85. The topological polar surface area (TPSA) is 44.2 Å². The van der Waals surface area contributed by atoms with Gasteiger partial charge in [-0.15, -0.1) is 5.10 Å². The monoisotopic (exact) mass is 286 g/mol. The fraction of sp³-hybridized carbons (Fsp3) is 0.111. The average molecular weight is 287 g/mol. The lowest BCUT2D eigenvalue weighted by Gasteiger charge is -2.05. The van der Waals surface area contributed by atoms with Crippen molar-refractivity contribution in [3.05, 3.63) is 28.2 Å². The molecule has 0 radical (unpaired) electrons. The van der Waals surface area contributed by atoms with Gasteiger partial charge in [0.15, 0.2) is 0 Å². The number of aromatic nitrogens is 2. The Morgan fingerprint density at radius 1 is 1.40 bits per heavy atom. The van der Waals surface area contributed by atoms with Gasteiger partial charge in [0.2, 0.25) is 0 Å². The Balaban J connectivity index is 2.22. The van der Waals surface area contributed by atoms with E-state index in [1.165, 1.54) is 11.3 Å². The third kappa shape index (κ3) is 2.45. The summed E-state index contributed by atoms with van der Waals surface area (Å²) in [6.45, 7) is 0. The van der Waals surface area contributed by atoms with Gasteiger partial charge >= 0.3 is 0 Å². The molecule has 1 heterocycles. The van der Waals surface area contributed by atoms with Crippen LogP contribution in [0.2, 0.25) is 0 Å². The summed E-state index contributed by atoms with van der Waals surface area (Å²) >= 11 is 4.73. The predicted octanol–water partition coefficient (Wildman–Crippen LogP) is 3.10. The van der Waals surface area contributed by atoms with Crippen LogP contribution in [0.25, 0.3) is 0 Å². The third-order valence-corrected chi connectivity index (χ3v) is 2.86. The number of methoxy groups -OCH3 is 1. The minimum atomic E-state index is 0.515. The SMILES string of the molecule is COc1ccc(Oc2nncs2)c(Br)c1. The van der Waals surface area contributed by atoms with Crippen LogP contribution in [0.1, 0.15) is 0 Å². The number of halogens is 1. The maximum absolute atomic E-state index is 5.49. The first kappa shape index (κ1) is 10.4. The van der Waals surface area contributed by atoms with Crippen molar-refractivity contribution in [2.75, 3.05) is 7.11 Å².